The Hall–Kier alpha value is -1.45. The topological polar surface area (TPSA) is 51.8 Å². The SMILES string of the molecule is CCc1noc2ncncc12. The standard InChI is InChI=1S/C7H7N3O/c1-2-6-5-3-8-4-9-7(5)11-10-6/h3-4H,2H2,1H3. The Bertz CT molecular complexity index is 368. The zero-order valence-electron chi connectivity index (χ0n) is 6.11. The molecule has 0 aliphatic rings. The molecule has 0 aliphatic carbocycles. The average Bonchev–Trinajstić information content (AvgIpc) is 2.47. The van der Waals surface area contributed by atoms with Crippen molar-refractivity contribution in [3.8, 4) is 0 Å². The van der Waals surface area contributed by atoms with Crippen LogP contribution in [0.5, 0.6) is 0 Å². The molecule has 4 nitrogen and oxygen atoms in total. The van der Waals surface area contributed by atoms with Gasteiger partial charge in [-0.15, -0.1) is 0 Å². The molecule has 11 heavy (non-hydrogen) atoms. The lowest BCUT2D eigenvalue weighted by Gasteiger charge is -1.84. The van der Waals surface area contributed by atoms with Crippen LogP contribution >= 0.6 is 0 Å². The summed E-state index contributed by atoms with van der Waals surface area (Å²) in [5.74, 6) is 0. The molecule has 0 bridgehead atoms. The van der Waals surface area contributed by atoms with Crippen molar-refractivity contribution in [2.75, 3.05) is 0 Å². The molecule has 0 fully saturated rings. The largest absolute Gasteiger partial charge is 0.335 e. The summed E-state index contributed by atoms with van der Waals surface area (Å²) >= 11 is 0. The van der Waals surface area contributed by atoms with Crippen LogP contribution in [0.2, 0.25) is 0 Å². The van der Waals surface area contributed by atoms with E-state index in [-0.39, 0.29) is 0 Å². The Morgan fingerprint density at radius 1 is 1.55 bits per heavy atom. The Labute approximate surface area is 63.2 Å². The van der Waals surface area contributed by atoms with Crippen molar-refractivity contribution in [3.05, 3.63) is 18.2 Å². The van der Waals surface area contributed by atoms with E-state index in [0.717, 1.165) is 17.5 Å². The average molecular weight is 149 g/mol. The van der Waals surface area contributed by atoms with E-state index in [1.54, 1.807) is 6.20 Å². The third kappa shape index (κ3) is 0.869. The van der Waals surface area contributed by atoms with Crippen molar-refractivity contribution in [2.45, 2.75) is 13.3 Å². The molecule has 2 heterocycles. The van der Waals surface area contributed by atoms with Crippen LogP contribution in [0, 0.1) is 0 Å². The zero-order valence-corrected chi connectivity index (χ0v) is 6.11. The van der Waals surface area contributed by atoms with Crippen LogP contribution in [0.25, 0.3) is 11.1 Å². The zero-order chi connectivity index (χ0) is 7.68. The van der Waals surface area contributed by atoms with E-state index in [1.165, 1.54) is 6.33 Å². The molecule has 0 unspecified atom stereocenters. The molecule has 0 saturated heterocycles. The molecule has 0 aromatic carbocycles. The predicted octanol–water partition coefficient (Wildman–Crippen LogP) is 1.18. The second-order valence-corrected chi connectivity index (χ2v) is 2.22. The molecular formula is C7H7N3O. The van der Waals surface area contributed by atoms with Crippen LogP contribution in [0.1, 0.15) is 12.6 Å². The minimum Gasteiger partial charge on any atom is -0.335 e. The number of aromatic nitrogens is 3. The van der Waals surface area contributed by atoms with Gasteiger partial charge < -0.3 is 4.52 Å². The van der Waals surface area contributed by atoms with Crippen molar-refractivity contribution >= 4 is 11.1 Å². The van der Waals surface area contributed by atoms with Gasteiger partial charge in [0.2, 0.25) is 0 Å². The number of aryl methyl sites for hydroxylation is 1. The van der Waals surface area contributed by atoms with Crippen molar-refractivity contribution < 1.29 is 4.52 Å². The number of rotatable bonds is 1. The molecule has 56 valence electrons. The summed E-state index contributed by atoms with van der Waals surface area (Å²) in [6.07, 6.45) is 4.02. The predicted molar refractivity (Wildman–Crippen MR) is 39.0 cm³/mol. The highest BCUT2D eigenvalue weighted by Crippen LogP contribution is 2.13. The molecule has 0 saturated carbocycles. The van der Waals surface area contributed by atoms with Gasteiger partial charge in [0.05, 0.1) is 11.1 Å². The summed E-state index contributed by atoms with van der Waals surface area (Å²) in [6.45, 7) is 2.02. The first-order valence-corrected chi connectivity index (χ1v) is 3.46. The highest BCUT2D eigenvalue weighted by Gasteiger charge is 2.05. The van der Waals surface area contributed by atoms with E-state index in [9.17, 15) is 0 Å². The van der Waals surface area contributed by atoms with Gasteiger partial charge in [0.1, 0.15) is 6.33 Å². The van der Waals surface area contributed by atoms with E-state index >= 15 is 0 Å². The molecule has 2 aromatic rings. The maximum absolute atomic E-state index is 4.94. The van der Waals surface area contributed by atoms with Gasteiger partial charge in [-0.3, -0.25) is 0 Å². The van der Waals surface area contributed by atoms with Crippen LogP contribution in [0.3, 0.4) is 0 Å². The molecule has 0 aliphatic heterocycles. The van der Waals surface area contributed by atoms with Gasteiger partial charge in [-0.25, -0.2) is 4.98 Å². The molecule has 0 atom stereocenters. The fraction of sp³-hybridized carbons (Fsp3) is 0.286. The van der Waals surface area contributed by atoms with Gasteiger partial charge in [-0.2, -0.15) is 4.98 Å². The lowest BCUT2D eigenvalue weighted by molar-refractivity contribution is 0.439. The first-order chi connectivity index (χ1) is 5.42. The number of fused-ring (bicyclic) bond motifs is 1. The number of hydrogen-bond donors (Lipinski definition) is 0. The normalized spacial score (nSPS) is 10.6. The van der Waals surface area contributed by atoms with Gasteiger partial charge in [-0.1, -0.05) is 12.1 Å². The lowest BCUT2D eigenvalue weighted by Crippen LogP contribution is -1.80. The molecule has 0 radical (unpaired) electrons. The summed E-state index contributed by atoms with van der Waals surface area (Å²) in [4.78, 5) is 7.79. The maximum Gasteiger partial charge on any atom is 0.260 e. The van der Waals surface area contributed by atoms with E-state index in [2.05, 4.69) is 15.1 Å². The summed E-state index contributed by atoms with van der Waals surface area (Å²) in [5, 5.41) is 4.75. The van der Waals surface area contributed by atoms with Crippen molar-refractivity contribution in [1.82, 2.24) is 15.1 Å². The Kier molecular flexibility index (Phi) is 1.31. The molecule has 0 N–H and O–H groups in total. The van der Waals surface area contributed by atoms with Gasteiger partial charge >= 0.3 is 0 Å². The van der Waals surface area contributed by atoms with Crippen molar-refractivity contribution in [3.63, 3.8) is 0 Å². The third-order valence-corrected chi connectivity index (χ3v) is 1.56. The molecule has 0 amide bonds. The van der Waals surface area contributed by atoms with Gasteiger partial charge in [0.15, 0.2) is 0 Å². The second kappa shape index (κ2) is 2.30. The Morgan fingerprint density at radius 3 is 3.27 bits per heavy atom. The molecule has 0 spiro atoms. The molecular weight excluding hydrogens is 142 g/mol. The summed E-state index contributed by atoms with van der Waals surface area (Å²) in [6, 6.07) is 0. The van der Waals surface area contributed by atoms with Gasteiger partial charge in [0.25, 0.3) is 5.71 Å². The minimum absolute atomic E-state index is 0.567. The fourth-order valence-electron chi connectivity index (χ4n) is 0.992. The summed E-state index contributed by atoms with van der Waals surface area (Å²) < 4.78 is 4.94. The third-order valence-electron chi connectivity index (χ3n) is 1.56. The first-order valence-electron chi connectivity index (χ1n) is 3.46. The van der Waals surface area contributed by atoms with Crippen LogP contribution in [0.4, 0.5) is 0 Å². The number of hydrogen-bond acceptors (Lipinski definition) is 4. The fourth-order valence-corrected chi connectivity index (χ4v) is 0.992. The van der Waals surface area contributed by atoms with Gasteiger partial charge in [-0.05, 0) is 6.42 Å². The summed E-state index contributed by atoms with van der Waals surface area (Å²) in [7, 11) is 0. The smallest absolute Gasteiger partial charge is 0.260 e. The van der Waals surface area contributed by atoms with E-state index in [4.69, 9.17) is 4.52 Å². The lowest BCUT2D eigenvalue weighted by atomic mass is 10.2. The van der Waals surface area contributed by atoms with Crippen LogP contribution < -0.4 is 0 Å². The van der Waals surface area contributed by atoms with Gasteiger partial charge in [0, 0.05) is 6.20 Å². The molecule has 2 rings (SSSR count). The van der Waals surface area contributed by atoms with E-state index in [1.807, 2.05) is 6.92 Å². The monoisotopic (exact) mass is 149 g/mol. The van der Waals surface area contributed by atoms with E-state index in [0.29, 0.717) is 5.71 Å². The Balaban J connectivity index is 2.76. The molecule has 4 heteroatoms. The number of nitrogens with zero attached hydrogens (tertiary/aromatic N) is 3. The van der Waals surface area contributed by atoms with E-state index < -0.39 is 0 Å². The second-order valence-electron chi connectivity index (χ2n) is 2.22. The van der Waals surface area contributed by atoms with Crippen molar-refractivity contribution in [1.29, 1.82) is 0 Å². The van der Waals surface area contributed by atoms with Crippen LogP contribution in [-0.2, 0) is 6.42 Å². The van der Waals surface area contributed by atoms with Crippen LogP contribution in [0.15, 0.2) is 17.0 Å². The van der Waals surface area contributed by atoms with Crippen LogP contribution in [-0.4, -0.2) is 15.1 Å². The maximum atomic E-state index is 4.94. The Morgan fingerprint density at radius 2 is 2.45 bits per heavy atom. The highest BCUT2D eigenvalue weighted by atomic mass is 16.5. The minimum atomic E-state index is 0.567. The summed E-state index contributed by atoms with van der Waals surface area (Å²) in [5.41, 5.74) is 1.48. The highest BCUT2D eigenvalue weighted by molar-refractivity contribution is 5.74. The molecule has 2 aromatic heterocycles. The first kappa shape index (κ1) is 6.27. The quantitative estimate of drug-likeness (QED) is 0.610. The van der Waals surface area contributed by atoms with Crippen molar-refractivity contribution in [2.24, 2.45) is 0 Å².